The van der Waals surface area contributed by atoms with E-state index in [4.69, 9.17) is 20.6 Å². The van der Waals surface area contributed by atoms with E-state index < -0.39 is 0 Å². The predicted molar refractivity (Wildman–Crippen MR) is 140 cm³/mol. The van der Waals surface area contributed by atoms with Crippen LogP contribution in [0.15, 0.2) is 45.9 Å². The molecule has 5 N–H and O–H groups in total. The van der Waals surface area contributed by atoms with Gasteiger partial charge in [0.2, 0.25) is 5.89 Å². The van der Waals surface area contributed by atoms with Gasteiger partial charge in [-0.25, -0.2) is 4.98 Å². The van der Waals surface area contributed by atoms with Crippen LogP contribution in [0.4, 0.5) is 5.69 Å². The standard InChI is InChI=1S/C26H38N6O3/c1-8-34-21-12-17(24-29-15-16(2)35-24)11-20(30-33)23(21)19(27)9-10-22(28)32(7)18-13-25(3,4)31-26(5,6)14-18/h9-12,15,18,31H,8,13-14,27-28H2,1-7H3/b19-9-,22-10+. The van der Waals surface area contributed by atoms with Crippen molar-refractivity contribution in [2.24, 2.45) is 16.6 Å². The highest BCUT2D eigenvalue weighted by Crippen LogP contribution is 2.38. The molecule has 0 amide bonds. The van der Waals surface area contributed by atoms with Gasteiger partial charge in [0.1, 0.15) is 17.2 Å². The molecule has 190 valence electrons. The summed E-state index contributed by atoms with van der Waals surface area (Å²) in [6.07, 6.45) is 6.96. The number of hydrogen-bond acceptors (Lipinski definition) is 9. The Labute approximate surface area is 207 Å². The molecule has 0 atom stereocenters. The quantitative estimate of drug-likeness (QED) is 0.361. The molecule has 1 saturated heterocycles. The normalized spacial score (nSPS) is 18.4. The van der Waals surface area contributed by atoms with Gasteiger partial charge in [-0.05, 0) is 83.8 Å². The van der Waals surface area contributed by atoms with Gasteiger partial charge < -0.3 is 30.8 Å². The molecular weight excluding hydrogens is 444 g/mol. The number of nitrogens with two attached hydrogens (primary N) is 2. The number of piperidine rings is 1. The Morgan fingerprint density at radius 1 is 1.26 bits per heavy atom. The van der Waals surface area contributed by atoms with E-state index in [9.17, 15) is 4.91 Å². The van der Waals surface area contributed by atoms with E-state index in [-0.39, 0.29) is 22.8 Å². The number of nitrogens with zero attached hydrogens (tertiary/aromatic N) is 3. The van der Waals surface area contributed by atoms with Gasteiger partial charge in [-0.3, -0.25) is 0 Å². The SMILES string of the molecule is CCOc1cc(-c2ncc(C)o2)cc(N=O)c1/C(N)=C/C=C(\N)N(C)C1CC(C)(C)NC(C)(C)C1. The largest absolute Gasteiger partial charge is 0.493 e. The van der Waals surface area contributed by atoms with Gasteiger partial charge in [0, 0.05) is 35.4 Å². The third-order valence-corrected chi connectivity index (χ3v) is 6.19. The van der Waals surface area contributed by atoms with E-state index in [1.54, 1.807) is 37.4 Å². The molecule has 3 rings (SSSR count). The number of nitroso groups, excluding NO2 is 1. The molecule has 1 aliphatic rings. The summed E-state index contributed by atoms with van der Waals surface area (Å²) < 4.78 is 11.4. The van der Waals surface area contributed by atoms with Crippen molar-refractivity contribution in [3.8, 4) is 17.2 Å². The molecule has 0 spiro atoms. The van der Waals surface area contributed by atoms with Crippen LogP contribution in [0.3, 0.4) is 0 Å². The summed E-state index contributed by atoms with van der Waals surface area (Å²) in [5, 5.41) is 6.90. The maximum atomic E-state index is 11.8. The predicted octanol–water partition coefficient (Wildman–Crippen LogP) is 4.79. The first-order chi connectivity index (χ1) is 16.4. The van der Waals surface area contributed by atoms with Crippen molar-refractivity contribution in [2.45, 2.75) is 71.5 Å². The third kappa shape index (κ3) is 6.22. The number of aromatic nitrogens is 1. The summed E-state index contributed by atoms with van der Waals surface area (Å²) in [7, 11) is 2.00. The first kappa shape index (κ1) is 26.3. The maximum Gasteiger partial charge on any atom is 0.226 e. The fourth-order valence-corrected chi connectivity index (χ4v) is 4.97. The van der Waals surface area contributed by atoms with Crippen molar-refractivity contribution in [1.82, 2.24) is 15.2 Å². The van der Waals surface area contributed by atoms with Crippen molar-refractivity contribution < 1.29 is 9.15 Å². The topological polar surface area (TPSA) is 132 Å². The second-order valence-corrected chi connectivity index (χ2v) is 10.4. The Bertz CT molecular complexity index is 1120. The van der Waals surface area contributed by atoms with Crippen molar-refractivity contribution in [1.29, 1.82) is 0 Å². The average Bonchev–Trinajstić information content (AvgIpc) is 3.20. The molecule has 1 aliphatic heterocycles. The highest BCUT2D eigenvalue weighted by Gasteiger charge is 2.39. The van der Waals surface area contributed by atoms with E-state index in [1.165, 1.54) is 0 Å². The Morgan fingerprint density at radius 2 is 1.91 bits per heavy atom. The van der Waals surface area contributed by atoms with Crippen LogP contribution in [0, 0.1) is 11.8 Å². The number of oxazole rings is 1. The summed E-state index contributed by atoms with van der Waals surface area (Å²) in [5.74, 6) is 2.04. The molecule has 0 bridgehead atoms. The van der Waals surface area contributed by atoms with Gasteiger partial charge in [0.05, 0.1) is 24.2 Å². The monoisotopic (exact) mass is 482 g/mol. The van der Waals surface area contributed by atoms with Gasteiger partial charge in [-0.15, -0.1) is 4.91 Å². The summed E-state index contributed by atoms with van der Waals surface area (Å²) in [5.41, 5.74) is 14.3. The lowest BCUT2D eigenvalue weighted by Gasteiger charge is -2.49. The number of ether oxygens (including phenoxy) is 1. The van der Waals surface area contributed by atoms with Gasteiger partial charge in [-0.1, -0.05) is 0 Å². The Hall–Kier alpha value is -3.33. The number of allylic oxidation sites excluding steroid dienone is 2. The molecule has 2 aromatic rings. The van der Waals surface area contributed by atoms with E-state index in [0.717, 1.165) is 12.8 Å². The summed E-state index contributed by atoms with van der Waals surface area (Å²) >= 11 is 0. The second-order valence-electron chi connectivity index (χ2n) is 10.4. The fraction of sp³-hybridized carbons (Fsp3) is 0.500. The zero-order valence-electron chi connectivity index (χ0n) is 21.8. The number of aryl methyl sites for hydroxylation is 1. The van der Waals surface area contributed by atoms with Crippen molar-refractivity contribution in [3.63, 3.8) is 0 Å². The van der Waals surface area contributed by atoms with Crippen LogP contribution in [-0.2, 0) is 0 Å². The minimum absolute atomic E-state index is 0.00408. The van der Waals surface area contributed by atoms with Gasteiger partial charge in [-0.2, -0.15) is 0 Å². The van der Waals surface area contributed by atoms with Crippen molar-refractivity contribution >= 4 is 11.4 Å². The minimum atomic E-state index is -0.00408. The molecule has 1 aromatic carbocycles. The van der Waals surface area contributed by atoms with Crippen LogP contribution < -0.4 is 21.5 Å². The molecule has 0 saturated carbocycles. The molecular formula is C26H38N6O3. The molecule has 0 unspecified atom stereocenters. The highest BCUT2D eigenvalue weighted by molar-refractivity contribution is 5.82. The Kier molecular flexibility index (Phi) is 7.59. The lowest BCUT2D eigenvalue weighted by atomic mass is 9.79. The Balaban J connectivity index is 1.93. The zero-order valence-corrected chi connectivity index (χ0v) is 21.8. The minimum Gasteiger partial charge on any atom is -0.493 e. The summed E-state index contributed by atoms with van der Waals surface area (Å²) in [6, 6.07) is 3.61. The number of nitrogens with one attached hydrogen (secondary N) is 1. The van der Waals surface area contributed by atoms with Gasteiger partial charge in [0.15, 0.2) is 0 Å². The van der Waals surface area contributed by atoms with E-state index in [2.05, 4.69) is 48.1 Å². The lowest BCUT2D eigenvalue weighted by Crippen LogP contribution is -2.61. The third-order valence-electron chi connectivity index (χ3n) is 6.19. The molecule has 2 heterocycles. The Morgan fingerprint density at radius 3 is 2.46 bits per heavy atom. The van der Waals surface area contributed by atoms with Gasteiger partial charge in [0.25, 0.3) is 0 Å². The molecule has 0 aliphatic carbocycles. The molecule has 1 fully saturated rings. The first-order valence-corrected chi connectivity index (χ1v) is 11.9. The summed E-state index contributed by atoms with van der Waals surface area (Å²) in [4.78, 5) is 18.1. The second kappa shape index (κ2) is 10.1. The molecule has 35 heavy (non-hydrogen) atoms. The smallest absolute Gasteiger partial charge is 0.226 e. The fourth-order valence-electron chi connectivity index (χ4n) is 4.97. The molecule has 0 radical (unpaired) electrons. The highest BCUT2D eigenvalue weighted by atomic mass is 16.5. The molecule has 1 aromatic heterocycles. The van der Waals surface area contributed by atoms with Crippen molar-refractivity contribution in [3.05, 3.63) is 52.5 Å². The van der Waals surface area contributed by atoms with Crippen LogP contribution >= 0.6 is 0 Å². The van der Waals surface area contributed by atoms with Crippen LogP contribution in [0.2, 0.25) is 0 Å². The lowest BCUT2D eigenvalue weighted by molar-refractivity contribution is 0.0981. The number of rotatable bonds is 8. The summed E-state index contributed by atoms with van der Waals surface area (Å²) in [6.45, 7) is 12.9. The maximum absolute atomic E-state index is 11.8. The van der Waals surface area contributed by atoms with Crippen LogP contribution in [0.1, 0.15) is 58.8 Å². The average molecular weight is 483 g/mol. The zero-order chi connectivity index (χ0) is 26.0. The number of benzene rings is 1. The van der Waals surface area contributed by atoms with Crippen molar-refractivity contribution in [2.75, 3.05) is 13.7 Å². The molecule has 9 nitrogen and oxygen atoms in total. The van der Waals surface area contributed by atoms with Crippen LogP contribution in [-0.4, -0.2) is 40.7 Å². The number of hydrogen-bond donors (Lipinski definition) is 3. The molecule has 9 heteroatoms. The van der Waals surface area contributed by atoms with E-state index in [1.807, 2.05) is 14.0 Å². The van der Waals surface area contributed by atoms with Crippen LogP contribution in [0.25, 0.3) is 17.2 Å². The first-order valence-electron chi connectivity index (χ1n) is 11.9. The van der Waals surface area contributed by atoms with E-state index >= 15 is 0 Å². The van der Waals surface area contributed by atoms with Gasteiger partial charge >= 0.3 is 0 Å². The van der Waals surface area contributed by atoms with Crippen LogP contribution in [0.5, 0.6) is 5.75 Å². The van der Waals surface area contributed by atoms with E-state index in [0.29, 0.717) is 46.7 Å².